The second kappa shape index (κ2) is 10.4. The first-order chi connectivity index (χ1) is 17.9. The van der Waals surface area contributed by atoms with Crippen LogP contribution in [0.2, 0.25) is 0 Å². The summed E-state index contributed by atoms with van der Waals surface area (Å²) in [6.45, 7) is 0. The molecule has 0 atom stereocenters. The number of ether oxygens (including phenoxy) is 1. The average Bonchev–Trinajstić information content (AvgIpc) is 3.34. The van der Waals surface area contributed by atoms with E-state index in [1.807, 2.05) is 48.5 Å². The maximum absolute atomic E-state index is 13.0. The van der Waals surface area contributed by atoms with Gasteiger partial charge >= 0.3 is 0 Å². The highest BCUT2D eigenvalue weighted by molar-refractivity contribution is 9.10. The number of anilines is 2. The lowest BCUT2D eigenvalue weighted by molar-refractivity contribution is 0.0972. The van der Waals surface area contributed by atoms with Gasteiger partial charge in [-0.1, -0.05) is 42.5 Å². The number of furan rings is 1. The largest absolute Gasteiger partial charge is 0.495 e. The Bertz CT molecular complexity index is 1630. The maximum Gasteiger partial charge on any atom is 0.291 e. The van der Waals surface area contributed by atoms with Crippen molar-refractivity contribution in [1.29, 1.82) is 0 Å². The number of nitrogens with one attached hydrogen (secondary N) is 3. The van der Waals surface area contributed by atoms with E-state index in [-0.39, 0.29) is 16.8 Å². The monoisotopic (exact) mass is 573 g/mol. The van der Waals surface area contributed by atoms with Crippen LogP contribution in [0.4, 0.5) is 11.4 Å². The summed E-state index contributed by atoms with van der Waals surface area (Å²) in [5, 5.41) is 11.3. The molecule has 0 saturated heterocycles. The van der Waals surface area contributed by atoms with Crippen molar-refractivity contribution in [3.8, 4) is 5.75 Å². The number of hydrogen-bond acceptors (Lipinski definition) is 5. The molecule has 1 aromatic heterocycles. The number of thiocarbonyl (C=S) groups is 1. The summed E-state index contributed by atoms with van der Waals surface area (Å²) in [4.78, 5) is 25.6. The zero-order valence-corrected chi connectivity index (χ0v) is 21.9. The number of halogens is 1. The minimum Gasteiger partial charge on any atom is -0.495 e. The van der Waals surface area contributed by atoms with Gasteiger partial charge in [0.05, 0.1) is 17.1 Å². The van der Waals surface area contributed by atoms with Gasteiger partial charge in [0.25, 0.3) is 11.8 Å². The van der Waals surface area contributed by atoms with Gasteiger partial charge in [-0.25, -0.2) is 0 Å². The molecule has 184 valence electrons. The van der Waals surface area contributed by atoms with Crippen LogP contribution in [0.3, 0.4) is 0 Å². The highest BCUT2D eigenvalue weighted by Crippen LogP contribution is 2.36. The topological polar surface area (TPSA) is 92.6 Å². The van der Waals surface area contributed by atoms with E-state index in [0.29, 0.717) is 32.7 Å². The highest BCUT2D eigenvalue weighted by Gasteiger charge is 2.19. The van der Waals surface area contributed by atoms with Crippen molar-refractivity contribution < 1.29 is 18.7 Å². The Morgan fingerprint density at radius 1 is 0.838 bits per heavy atom. The van der Waals surface area contributed by atoms with Crippen LogP contribution < -0.4 is 20.7 Å². The summed E-state index contributed by atoms with van der Waals surface area (Å²) in [7, 11) is 1.51. The predicted octanol–water partition coefficient (Wildman–Crippen LogP) is 6.74. The van der Waals surface area contributed by atoms with Crippen LogP contribution in [0.25, 0.3) is 21.7 Å². The fourth-order valence-corrected chi connectivity index (χ4v) is 4.86. The van der Waals surface area contributed by atoms with Crippen LogP contribution in [0.5, 0.6) is 5.75 Å². The van der Waals surface area contributed by atoms with Crippen molar-refractivity contribution in [2.24, 2.45) is 0 Å². The Hall–Kier alpha value is -4.21. The van der Waals surface area contributed by atoms with E-state index in [2.05, 4.69) is 31.9 Å². The fourth-order valence-electron chi connectivity index (χ4n) is 3.91. The summed E-state index contributed by atoms with van der Waals surface area (Å²) in [6.07, 6.45) is 0. The van der Waals surface area contributed by atoms with E-state index in [1.165, 1.54) is 7.11 Å². The molecule has 5 rings (SSSR count). The summed E-state index contributed by atoms with van der Waals surface area (Å²) in [5.41, 5.74) is 2.22. The van der Waals surface area contributed by atoms with E-state index in [4.69, 9.17) is 21.4 Å². The van der Waals surface area contributed by atoms with Crippen LogP contribution in [0.15, 0.2) is 93.8 Å². The van der Waals surface area contributed by atoms with Crippen molar-refractivity contribution in [3.63, 3.8) is 0 Å². The molecule has 1 heterocycles. The molecule has 3 N–H and O–H groups in total. The standard InChI is InChI=1S/C28H20BrN3O4S/c1-35-25-21(14-16-6-2-4-8-20(16)24(25)29)26(33)32-28(37)31-19-12-10-18(11-13-19)30-27(34)23-15-17-7-3-5-9-22(17)36-23/h2-15H,1H3,(H,30,34)(H2,31,32,33,37). The van der Waals surface area contributed by atoms with E-state index in [9.17, 15) is 9.59 Å². The second-order valence-electron chi connectivity index (χ2n) is 8.08. The number of amides is 2. The molecular formula is C28H20BrN3O4S. The quantitative estimate of drug-likeness (QED) is 0.202. The van der Waals surface area contributed by atoms with Gasteiger partial charge in [0, 0.05) is 16.8 Å². The second-order valence-corrected chi connectivity index (χ2v) is 9.28. The number of carbonyl (C=O) groups excluding carboxylic acids is 2. The van der Waals surface area contributed by atoms with Gasteiger partial charge in [-0.3, -0.25) is 14.9 Å². The van der Waals surface area contributed by atoms with Crippen molar-refractivity contribution in [2.75, 3.05) is 17.7 Å². The fraction of sp³-hybridized carbons (Fsp3) is 0.0357. The molecule has 4 aromatic carbocycles. The summed E-state index contributed by atoms with van der Waals surface area (Å²) in [5.74, 6) is -0.114. The molecule has 0 unspecified atom stereocenters. The van der Waals surface area contributed by atoms with Crippen molar-refractivity contribution in [1.82, 2.24) is 5.32 Å². The number of rotatable bonds is 5. The Labute approximate surface area is 225 Å². The lowest BCUT2D eigenvalue weighted by Gasteiger charge is -2.14. The normalized spacial score (nSPS) is 10.8. The first kappa shape index (κ1) is 24.5. The van der Waals surface area contributed by atoms with E-state index >= 15 is 0 Å². The smallest absolute Gasteiger partial charge is 0.291 e. The highest BCUT2D eigenvalue weighted by atomic mass is 79.9. The first-order valence-electron chi connectivity index (χ1n) is 11.2. The SMILES string of the molecule is COc1c(C(=O)NC(=S)Nc2ccc(NC(=O)c3cc4ccccc4o3)cc2)cc2ccccc2c1Br. The van der Waals surface area contributed by atoms with Gasteiger partial charge in [0.2, 0.25) is 0 Å². The van der Waals surface area contributed by atoms with Crippen LogP contribution >= 0.6 is 28.1 Å². The number of hydrogen-bond donors (Lipinski definition) is 3. The molecule has 2 amide bonds. The predicted molar refractivity (Wildman–Crippen MR) is 152 cm³/mol. The Morgan fingerprint density at radius 2 is 1.49 bits per heavy atom. The lowest BCUT2D eigenvalue weighted by atomic mass is 10.1. The van der Waals surface area contributed by atoms with Gasteiger partial charge in [-0.05, 0) is 81.4 Å². The van der Waals surface area contributed by atoms with Gasteiger partial charge in [0.1, 0.15) is 11.3 Å². The number of fused-ring (bicyclic) bond motifs is 2. The lowest BCUT2D eigenvalue weighted by Crippen LogP contribution is -2.34. The third-order valence-corrected chi connectivity index (χ3v) is 6.66. The molecule has 0 radical (unpaired) electrons. The molecule has 5 aromatic rings. The molecule has 0 aliphatic carbocycles. The van der Waals surface area contributed by atoms with E-state index in [0.717, 1.165) is 16.2 Å². The van der Waals surface area contributed by atoms with Crippen LogP contribution in [0, 0.1) is 0 Å². The van der Waals surface area contributed by atoms with Gasteiger partial charge in [-0.2, -0.15) is 0 Å². The van der Waals surface area contributed by atoms with Crippen molar-refractivity contribution in [3.05, 3.63) is 101 Å². The van der Waals surface area contributed by atoms with Crippen LogP contribution in [0.1, 0.15) is 20.9 Å². The molecule has 0 bridgehead atoms. The van der Waals surface area contributed by atoms with E-state index in [1.54, 1.807) is 36.4 Å². The molecule has 37 heavy (non-hydrogen) atoms. The molecule has 0 aliphatic heterocycles. The van der Waals surface area contributed by atoms with Crippen LogP contribution in [-0.2, 0) is 0 Å². The molecular weight excluding hydrogens is 554 g/mol. The Balaban J connectivity index is 1.23. The average molecular weight is 574 g/mol. The third-order valence-electron chi connectivity index (χ3n) is 5.67. The molecule has 9 heteroatoms. The van der Waals surface area contributed by atoms with Crippen molar-refractivity contribution >= 4 is 78.2 Å². The summed E-state index contributed by atoms with van der Waals surface area (Å²) < 4.78 is 11.8. The number of para-hydroxylation sites is 1. The molecule has 0 saturated carbocycles. The van der Waals surface area contributed by atoms with Crippen LogP contribution in [-0.4, -0.2) is 24.0 Å². The molecule has 0 spiro atoms. The van der Waals surface area contributed by atoms with Gasteiger partial charge in [-0.15, -0.1) is 0 Å². The zero-order chi connectivity index (χ0) is 25.9. The minimum atomic E-state index is -0.407. The van der Waals surface area contributed by atoms with E-state index < -0.39 is 5.91 Å². The summed E-state index contributed by atoms with van der Waals surface area (Å²) in [6, 6.07) is 25.5. The maximum atomic E-state index is 13.0. The Kier molecular flexibility index (Phi) is 6.89. The summed E-state index contributed by atoms with van der Waals surface area (Å²) >= 11 is 8.88. The number of carbonyl (C=O) groups is 2. The number of benzene rings is 4. The Morgan fingerprint density at radius 3 is 2.19 bits per heavy atom. The first-order valence-corrected chi connectivity index (χ1v) is 12.4. The zero-order valence-electron chi connectivity index (χ0n) is 19.5. The van der Waals surface area contributed by atoms with Gasteiger partial charge in [0.15, 0.2) is 10.9 Å². The molecule has 0 aliphatic rings. The third kappa shape index (κ3) is 5.18. The number of methoxy groups -OCH3 is 1. The van der Waals surface area contributed by atoms with Crippen molar-refractivity contribution in [2.45, 2.75) is 0 Å². The molecule has 7 nitrogen and oxygen atoms in total. The molecule has 0 fully saturated rings. The van der Waals surface area contributed by atoms with Gasteiger partial charge < -0.3 is 19.8 Å². The minimum absolute atomic E-state index is 0.121.